The van der Waals surface area contributed by atoms with E-state index in [1.54, 1.807) is 17.5 Å². The Hall–Kier alpha value is -1.48. The van der Waals surface area contributed by atoms with Gasteiger partial charge in [-0.15, -0.1) is 11.3 Å². The first kappa shape index (κ1) is 10.1. The molecule has 2 nitrogen and oxygen atoms in total. The van der Waals surface area contributed by atoms with Crippen molar-refractivity contribution in [1.29, 1.82) is 0 Å². The van der Waals surface area contributed by atoms with Gasteiger partial charge >= 0.3 is 0 Å². The van der Waals surface area contributed by atoms with Gasteiger partial charge in [-0.25, -0.2) is 4.98 Å². The van der Waals surface area contributed by atoms with Crippen LogP contribution in [-0.2, 0) is 11.2 Å². The zero-order valence-electron chi connectivity index (χ0n) is 8.43. The molecule has 2 aromatic rings. The minimum atomic E-state index is 0.462. The molecule has 0 bridgehead atoms. The van der Waals surface area contributed by atoms with Crippen molar-refractivity contribution >= 4 is 17.6 Å². The highest BCUT2D eigenvalue weighted by Crippen LogP contribution is 2.27. The topological polar surface area (TPSA) is 30.0 Å². The molecule has 15 heavy (non-hydrogen) atoms. The lowest BCUT2D eigenvalue weighted by molar-refractivity contribution is -0.107. The van der Waals surface area contributed by atoms with Crippen LogP contribution in [0, 0.1) is 6.92 Å². The maximum atomic E-state index is 10.4. The van der Waals surface area contributed by atoms with Crippen molar-refractivity contribution in [2.45, 2.75) is 13.3 Å². The number of aryl methyl sites for hydroxylation is 1. The number of hydrogen-bond donors (Lipinski definition) is 0. The summed E-state index contributed by atoms with van der Waals surface area (Å²) in [6.45, 7) is 2.07. The zero-order chi connectivity index (χ0) is 10.7. The smallest absolute Gasteiger partial charge is 0.125 e. The van der Waals surface area contributed by atoms with Crippen LogP contribution in [0.3, 0.4) is 0 Å². The first-order chi connectivity index (χ1) is 7.31. The van der Waals surface area contributed by atoms with Gasteiger partial charge in [0.25, 0.3) is 0 Å². The maximum absolute atomic E-state index is 10.4. The molecule has 0 aliphatic heterocycles. The summed E-state index contributed by atoms with van der Waals surface area (Å²) in [5, 5.41) is 0.991. The Kier molecular flexibility index (Phi) is 2.92. The molecule has 1 aromatic carbocycles. The lowest BCUT2D eigenvalue weighted by atomic mass is 10.1. The lowest BCUT2D eigenvalue weighted by Gasteiger charge is -1.99. The van der Waals surface area contributed by atoms with E-state index in [0.29, 0.717) is 6.42 Å². The molecule has 0 amide bonds. The Morgan fingerprint density at radius 1 is 1.40 bits per heavy atom. The summed E-state index contributed by atoms with van der Waals surface area (Å²) >= 11 is 1.58. The molecule has 0 atom stereocenters. The number of nitrogens with zero attached hydrogens (tertiary/aromatic N) is 1. The number of carbonyl (C=O) groups excluding carboxylic acids is 1. The van der Waals surface area contributed by atoms with Crippen molar-refractivity contribution in [2.75, 3.05) is 0 Å². The van der Waals surface area contributed by atoms with Gasteiger partial charge < -0.3 is 4.79 Å². The quantitative estimate of drug-likeness (QED) is 0.740. The average molecular weight is 217 g/mol. The van der Waals surface area contributed by atoms with Crippen LogP contribution in [0.15, 0.2) is 30.5 Å². The van der Waals surface area contributed by atoms with E-state index in [-0.39, 0.29) is 0 Å². The van der Waals surface area contributed by atoms with Gasteiger partial charge in [-0.1, -0.05) is 24.3 Å². The number of aldehydes is 1. The number of hydrogen-bond acceptors (Lipinski definition) is 3. The molecule has 1 heterocycles. The lowest BCUT2D eigenvalue weighted by Crippen LogP contribution is -1.79. The van der Waals surface area contributed by atoms with Crippen molar-refractivity contribution in [3.05, 3.63) is 40.9 Å². The Morgan fingerprint density at radius 2 is 2.20 bits per heavy atom. The minimum absolute atomic E-state index is 0.462. The highest BCUT2D eigenvalue weighted by molar-refractivity contribution is 7.15. The molecule has 0 aliphatic carbocycles. The molecule has 0 aliphatic rings. The van der Waals surface area contributed by atoms with E-state index in [0.717, 1.165) is 21.7 Å². The van der Waals surface area contributed by atoms with Crippen molar-refractivity contribution in [2.24, 2.45) is 0 Å². The second kappa shape index (κ2) is 4.36. The van der Waals surface area contributed by atoms with E-state index < -0.39 is 0 Å². The first-order valence-electron chi connectivity index (χ1n) is 4.75. The zero-order valence-corrected chi connectivity index (χ0v) is 9.25. The minimum Gasteiger partial charge on any atom is -0.303 e. The van der Waals surface area contributed by atoms with Gasteiger partial charge in [0, 0.05) is 23.1 Å². The predicted octanol–water partition coefficient (Wildman–Crippen LogP) is 2.86. The Bertz CT molecular complexity index is 476. The van der Waals surface area contributed by atoms with E-state index >= 15 is 0 Å². The Morgan fingerprint density at radius 3 is 2.93 bits per heavy atom. The third kappa shape index (κ3) is 2.13. The Labute approximate surface area is 92.6 Å². The summed E-state index contributed by atoms with van der Waals surface area (Å²) in [4.78, 5) is 15.7. The van der Waals surface area contributed by atoms with Crippen molar-refractivity contribution in [3.8, 4) is 10.6 Å². The van der Waals surface area contributed by atoms with Crippen molar-refractivity contribution < 1.29 is 4.79 Å². The van der Waals surface area contributed by atoms with Crippen LogP contribution in [0.1, 0.15) is 10.4 Å². The Balaban J connectivity index is 2.37. The second-order valence-corrected chi connectivity index (χ2v) is 4.43. The van der Waals surface area contributed by atoms with Crippen LogP contribution in [0.25, 0.3) is 10.6 Å². The largest absolute Gasteiger partial charge is 0.303 e. The van der Waals surface area contributed by atoms with Gasteiger partial charge in [0.2, 0.25) is 0 Å². The number of thiazole rings is 1. The summed E-state index contributed by atoms with van der Waals surface area (Å²) in [6, 6.07) is 8.14. The van der Waals surface area contributed by atoms with Gasteiger partial charge in [-0.3, -0.25) is 0 Å². The van der Waals surface area contributed by atoms with Crippen LogP contribution in [0.5, 0.6) is 0 Å². The molecular weight excluding hydrogens is 206 g/mol. The molecule has 0 N–H and O–H groups in total. The molecule has 3 heteroatoms. The van der Waals surface area contributed by atoms with Crippen molar-refractivity contribution in [3.63, 3.8) is 0 Å². The normalized spacial score (nSPS) is 10.2. The number of carbonyl (C=O) groups is 1. The summed E-state index contributed by atoms with van der Waals surface area (Å²) in [7, 11) is 0. The van der Waals surface area contributed by atoms with Gasteiger partial charge in [0.05, 0.1) is 0 Å². The van der Waals surface area contributed by atoms with Crippen LogP contribution < -0.4 is 0 Å². The summed E-state index contributed by atoms with van der Waals surface area (Å²) < 4.78 is 0. The molecule has 0 radical (unpaired) electrons. The average Bonchev–Trinajstić information content (AvgIpc) is 2.68. The molecule has 0 saturated heterocycles. The molecule has 1 aromatic heterocycles. The van der Waals surface area contributed by atoms with Gasteiger partial charge in [0.15, 0.2) is 0 Å². The van der Waals surface area contributed by atoms with E-state index in [9.17, 15) is 4.79 Å². The number of rotatable bonds is 3. The van der Waals surface area contributed by atoms with Gasteiger partial charge in [0.1, 0.15) is 11.3 Å². The molecule has 0 spiro atoms. The third-order valence-electron chi connectivity index (χ3n) is 2.21. The van der Waals surface area contributed by atoms with E-state index in [2.05, 4.69) is 24.0 Å². The molecule has 0 unspecified atom stereocenters. The van der Waals surface area contributed by atoms with Crippen LogP contribution in [0.2, 0.25) is 0 Å². The summed E-state index contributed by atoms with van der Waals surface area (Å²) in [5.41, 5.74) is 2.36. The molecule has 0 fully saturated rings. The molecular formula is C12H11NOS. The SMILES string of the molecule is Cc1ccccc1-c1ncc(CC=O)s1. The second-order valence-electron chi connectivity index (χ2n) is 3.32. The third-order valence-corrected chi connectivity index (χ3v) is 3.27. The van der Waals surface area contributed by atoms with E-state index in [1.807, 2.05) is 12.1 Å². The van der Waals surface area contributed by atoms with Gasteiger partial charge in [-0.05, 0) is 12.5 Å². The fourth-order valence-electron chi connectivity index (χ4n) is 1.42. The fraction of sp³-hybridized carbons (Fsp3) is 0.167. The monoisotopic (exact) mass is 217 g/mol. The predicted molar refractivity (Wildman–Crippen MR) is 62.1 cm³/mol. The van der Waals surface area contributed by atoms with E-state index in [1.165, 1.54) is 5.56 Å². The van der Waals surface area contributed by atoms with Crippen molar-refractivity contribution in [1.82, 2.24) is 4.98 Å². The molecule has 2 rings (SSSR count). The summed E-state index contributed by atoms with van der Waals surface area (Å²) in [5.74, 6) is 0. The van der Waals surface area contributed by atoms with Crippen LogP contribution in [0.4, 0.5) is 0 Å². The maximum Gasteiger partial charge on any atom is 0.125 e. The fourth-order valence-corrected chi connectivity index (χ4v) is 2.37. The van der Waals surface area contributed by atoms with Crippen LogP contribution in [-0.4, -0.2) is 11.3 Å². The number of aromatic nitrogens is 1. The number of benzene rings is 1. The van der Waals surface area contributed by atoms with E-state index in [4.69, 9.17) is 0 Å². The first-order valence-corrected chi connectivity index (χ1v) is 5.57. The summed E-state index contributed by atoms with van der Waals surface area (Å²) in [6.07, 6.45) is 3.15. The highest BCUT2D eigenvalue weighted by Gasteiger charge is 2.06. The molecule has 0 saturated carbocycles. The highest BCUT2D eigenvalue weighted by atomic mass is 32.1. The molecule has 76 valence electrons. The van der Waals surface area contributed by atoms with Crippen LogP contribution >= 0.6 is 11.3 Å². The standard InChI is InChI=1S/C12H11NOS/c1-9-4-2-3-5-11(9)12-13-8-10(15-12)6-7-14/h2-5,7-8H,6H2,1H3. The van der Waals surface area contributed by atoms with Gasteiger partial charge in [-0.2, -0.15) is 0 Å².